The van der Waals surface area contributed by atoms with E-state index in [1.165, 1.54) is 5.69 Å². The molecule has 5 nitrogen and oxygen atoms in total. The lowest BCUT2D eigenvalue weighted by atomic mass is 10.4. The van der Waals surface area contributed by atoms with Gasteiger partial charge in [0.1, 0.15) is 0 Å². The van der Waals surface area contributed by atoms with E-state index in [-0.39, 0.29) is 0 Å². The maximum atomic E-state index is 5.51. The molecule has 0 saturated heterocycles. The van der Waals surface area contributed by atoms with Crippen LogP contribution in [0.2, 0.25) is 0 Å². The first kappa shape index (κ1) is 16.2. The molecule has 0 aliphatic heterocycles. The standard InChI is InChI=1S/C14H25NO4/c1-3-16-7-8-17-9-10-18-11-12-19-13-14-5-4-6-15(14)2/h4-6H,3,7-13H2,1-2H3. The fourth-order valence-corrected chi connectivity index (χ4v) is 1.53. The van der Waals surface area contributed by atoms with Gasteiger partial charge in [0, 0.05) is 25.5 Å². The molecule has 110 valence electrons. The van der Waals surface area contributed by atoms with Crippen LogP contribution < -0.4 is 0 Å². The number of aromatic nitrogens is 1. The van der Waals surface area contributed by atoms with Gasteiger partial charge in [0.15, 0.2) is 0 Å². The zero-order valence-electron chi connectivity index (χ0n) is 12.0. The predicted octanol–water partition coefficient (Wildman–Crippen LogP) is 1.61. The molecule has 0 aliphatic carbocycles. The van der Waals surface area contributed by atoms with Gasteiger partial charge in [-0.3, -0.25) is 0 Å². The molecular weight excluding hydrogens is 246 g/mol. The first-order chi connectivity index (χ1) is 9.34. The summed E-state index contributed by atoms with van der Waals surface area (Å²) in [7, 11) is 2.01. The van der Waals surface area contributed by atoms with Gasteiger partial charge in [0.2, 0.25) is 0 Å². The molecule has 0 radical (unpaired) electrons. The van der Waals surface area contributed by atoms with Gasteiger partial charge in [0.25, 0.3) is 0 Å². The minimum atomic E-state index is 0.596. The number of hydrogen-bond acceptors (Lipinski definition) is 4. The van der Waals surface area contributed by atoms with Gasteiger partial charge in [0.05, 0.1) is 46.2 Å². The van der Waals surface area contributed by atoms with Gasteiger partial charge >= 0.3 is 0 Å². The van der Waals surface area contributed by atoms with E-state index in [0.717, 1.165) is 6.61 Å². The van der Waals surface area contributed by atoms with Gasteiger partial charge in [-0.05, 0) is 19.1 Å². The molecule has 0 N–H and O–H groups in total. The number of ether oxygens (including phenoxy) is 4. The average Bonchev–Trinajstić information content (AvgIpc) is 2.82. The van der Waals surface area contributed by atoms with Crippen LogP contribution in [0, 0.1) is 0 Å². The molecule has 0 saturated carbocycles. The van der Waals surface area contributed by atoms with Crippen LogP contribution in [0.1, 0.15) is 12.6 Å². The van der Waals surface area contributed by atoms with Crippen molar-refractivity contribution in [2.45, 2.75) is 13.5 Å². The molecule has 0 unspecified atom stereocenters. The van der Waals surface area contributed by atoms with Crippen molar-refractivity contribution in [3.63, 3.8) is 0 Å². The van der Waals surface area contributed by atoms with Crippen molar-refractivity contribution in [3.8, 4) is 0 Å². The summed E-state index contributed by atoms with van der Waals surface area (Å²) < 4.78 is 23.4. The van der Waals surface area contributed by atoms with Gasteiger partial charge < -0.3 is 23.5 Å². The molecular formula is C14H25NO4. The molecule has 1 aromatic heterocycles. The van der Waals surface area contributed by atoms with E-state index >= 15 is 0 Å². The van der Waals surface area contributed by atoms with E-state index in [4.69, 9.17) is 18.9 Å². The minimum Gasteiger partial charge on any atom is -0.379 e. The van der Waals surface area contributed by atoms with Crippen molar-refractivity contribution in [1.29, 1.82) is 0 Å². The monoisotopic (exact) mass is 271 g/mol. The highest BCUT2D eigenvalue weighted by Gasteiger charge is 1.97. The largest absolute Gasteiger partial charge is 0.379 e. The zero-order valence-corrected chi connectivity index (χ0v) is 12.0. The van der Waals surface area contributed by atoms with Crippen molar-refractivity contribution in [3.05, 3.63) is 24.0 Å². The van der Waals surface area contributed by atoms with E-state index in [1.807, 2.05) is 36.9 Å². The van der Waals surface area contributed by atoms with Crippen LogP contribution in [0.15, 0.2) is 18.3 Å². The molecule has 0 fully saturated rings. The Morgan fingerprint density at radius 1 is 0.895 bits per heavy atom. The summed E-state index contributed by atoms with van der Waals surface area (Å²) in [5, 5.41) is 0. The van der Waals surface area contributed by atoms with Crippen LogP contribution in [0.5, 0.6) is 0 Å². The summed E-state index contributed by atoms with van der Waals surface area (Å²) in [6.45, 7) is 7.00. The Morgan fingerprint density at radius 2 is 1.47 bits per heavy atom. The molecule has 0 spiro atoms. The molecule has 0 aliphatic rings. The van der Waals surface area contributed by atoms with Crippen LogP contribution in [0.4, 0.5) is 0 Å². The van der Waals surface area contributed by atoms with E-state index in [0.29, 0.717) is 46.2 Å². The number of nitrogens with zero attached hydrogens (tertiary/aromatic N) is 1. The molecule has 19 heavy (non-hydrogen) atoms. The lowest BCUT2D eigenvalue weighted by Gasteiger charge is -2.07. The SMILES string of the molecule is CCOCCOCCOCCOCc1cccn1C. The van der Waals surface area contributed by atoms with E-state index in [1.54, 1.807) is 0 Å². The highest BCUT2D eigenvalue weighted by atomic mass is 16.6. The second-order valence-corrected chi connectivity index (χ2v) is 4.08. The maximum Gasteiger partial charge on any atom is 0.0868 e. The molecule has 0 aromatic carbocycles. The van der Waals surface area contributed by atoms with Crippen molar-refractivity contribution < 1.29 is 18.9 Å². The summed E-state index contributed by atoms with van der Waals surface area (Å²) in [5.41, 5.74) is 1.17. The molecule has 0 bridgehead atoms. The van der Waals surface area contributed by atoms with Crippen LogP contribution in [-0.4, -0.2) is 50.8 Å². The normalized spacial score (nSPS) is 11.1. The third-order valence-electron chi connectivity index (χ3n) is 2.62. The molecule has 0 atom stereocenters. The highest BCUT2D eigenvalue weighted by molar-refractivity contribution is 5.04. The van der Waals surface area contributed by atoms with Crippen LogP contribution in [0.25, 0.3) is 0 Å². The van der Waals surface area contributed by atoms with Crippen molar-refractivity contribution in [2.75, 3.05) is 46.2 Å². The lowest BCUT2D eigenvalue weighted by molar-refractivity contribution is -0.00344. The Labute approximate surface area is 115 Å². The van der Waals surface area contributed by atoms with Crippen LogP contribution in [0.3, 0.4) is 0 Å². The first-order valence-corrected chi connectivity index (χ1v) is 6.75. The summed E-state index contributed by atoms with van der Waals surface area (Å²) in [6.07, 6.45) is 2.01. The van der Waals surface area contributed by atoms with Gasteiger partial charge in [-0.25, -0.2) is 0 Å². The Hall–Kier alpha value is -0.880. The summed E-state index contributed by atoms with van der Waals surface area (Å²) in [6, 6.07) is 4.06. The number of rotatable bonds is 12. The molecule has 1 aromatic rings. The second-order valence-electron chi connectivity index (χ2n) is 4.08. The topological polar surface area (TPSA) is 41.9 Å². The maximum absolute atomic E-state index is 5.51. The van der Waals surface area contributed by atoms with E-state index < -0.39 is 0 Å². The lowest BCUT2D eigenvalue weighted by Crippen LogP contribution is -2.12. The third kappa shape index (κ3) is 8.00. The van der Waals surface area contributed by atoms with E-state index in [2.05, 4.69) is 0 Å². The Bertz CT molecular complexity index is 314. The fourth-order valence-electron chi connectivity index (χ4n) is 1.53. The summed E-state index contributed by atoms with van der Waals surface area (Å²) in [4.78, 5) is 0. The second kappa shape index (κ2) is 11.0. The smallest absolute Gasteiger partial charge is 0.0868 e. The highest BCUT2D eigenvalue weighted by Crippen LogP contribution is 2.00. The van der Waals surface area contributed by atoms with Gasteiger partial charge in [-0.1, -0.05) is 0 Å². The van der Waals surface area contributed by atoms with Gasteiger partial charge in [-0.15, -0.1) is 0 Å². The zero-order chi connectivity index (χ0) is 13.8. The Kier molecular flexibility index (Phi) is 9.36. The molecule has 5 heteroatoms. The third-order valence-corrected chi connectivity index (χ3v) is 2.62. The molecule has 0 amide bonds. The average molecular weight is 271 g/mol. The van der Waals surface area contributed by atoms with Crippen LogP contribution in [-0.2, 0) is 32.6 Å². The Morgan fingerprint density at radius 3 is 2.00 bits per heavy atom. The number of aryl methyl sites for hydroxylation is 1. The summed E-state index contributed by atoms with van der Waals surface area (Å²) >= 11 is 0. The minimum absolute atomic E-state index is 0.596. The first-order valence-electron chi connectivity index (χ1n) is 6.75. The van der Waals surface area contributed by atoms with Crippen molar-refractivity contribution >= 4 is 0 Å². The summed E-state index contributed by atoms with van der Waals surface area (Å²) in [5.74, 6) is 0. The predicted molar refractivity (Wildman–Crippen MR) is 73.2 cm³/mol. The Balaban J connectivity index is 1.80. The quantitative estimate of drug-likeness (QED) is 0.542. The van der Waals surface area contributed by atoms with Crippen LogP contribution >= 0.6 is 0 Å². The molecule has 1 heterocycles. The van der Waals surface area contributed by atoms with E-state index in [9.17, 15) is 0 Å². The van der Waals surface area contributed by atoms with Crippen molar-refractivity contribution in [2.24, 2.45) is 7.05 Å². The fraction of sp³-hybridized carbons (Fsp3) is 0.714. The number of hydrogen-bond donors (Lipinski definition) is 0. The van der Waals surface area contributed by atoms with Gasteiger partial charge in [-0.2, -0.15) is 0 Å². The van der Waals surface area contributed by atoms with Crippen molar-refractivity contribution in [1.82, 2.24) is 4.57 Å². The molecule has 1 rings (SSSR count).